The molecule has 2 N–H and O–H groups in total. The molecule has 0 saturated carbocycles. The summed E-state index contributed by atoms with van der Waals surface area (Å²) >= 11 is 0. The lowest BCUT2D eigenvalue weighted by molar-refractivity contribution is -0.136. The smallest absolute Gasteiger partial charge is 0.255 e. The lowest BCUT2D eigenvalue weighted by atomic mass is 9.92. The number of hydrogen-bond donors (Lipinski definition) is 2. The minimum Gasteiger partial charge on any atom is -0.371 e. The molecule has 3 saturated heterocycles. The van der Waals surface area contributed by atoms with Crippen LogP contribution in [-0.4, -0.2) is 72.0 Å². The molecule has 4 aliphatic rings. The van der Waals surface area contributed by atoms with Crippen LogP contribution in [0.25, 0.3) is 0 Å². The molecule has 0 aliphatic carbocycles. The predicted molar refractivity (Wildman–Crippen MR) is 109 cm³/mol. The number of amides is 3. The molecule has 3 fully saturated rings. The van der Waals surface area contributed by atoms with E-state index < -0.39 is 6.04 Å². The molecule has 160 valence electrons. The van der Waals surface area contributed by atoms with E-state index in [4.69, 9.17) is 4.74 Å². The SMILES string of the molecule is O=C1CCC(N2Cc3cc(CN4CCOC5(CCCNC5)C4)ccc3C2=O)C(=O)N1. The van der Waals surface area contributed by atoms with Crippen LogP contribution in [0.15, 0.2) is 18.2 Å². The van der Waals surface area contributed by atoms with Gasteiger partial charge in [0.25, 0.3) is 5.91 Å². The molecule has 0 radical (unpaired) electrons. The average molecular weight is 412 g/mol. The molecule has 3 amide bonds. The van der Waals surface area contributed by atoms with Crippen molar-refractivity contribution in [3.63, 3.8) is 0 Å². The van der Waals surface area contributed by atoms with Gasteiger partial charge in [-0.3, -0.25) is 24.6 Å². The quantitative estimate of drug-likeness (QED) is 0.699. The van der Waals surface area contributed by atoms with E-state index in [9.17, 15) is 14.4 Å². The maximum absolute atomic E-state index is 12.9. The van der Waals surface area contributed by atoms with Gasteiger partial charge >= 0.3 is 0 Å². The minimum absolute atomic E-state index is 0.0776. The number of benzene rings is 1. The molecule has 1 spiro atoms. The number of carbonyl (C=O) groups is 3. The van der Waals surface area contributed by atoms with Gasteiger partial charge in [-0.1, -0.05) is 12.1 Å². The van der Waals surface area contributed by atoms with E-state index in [1.54, 1.807) is 4.90 Å². The zero-order chi connectivity index (χ0) is 20.7. The van der Waals surface area contributed by atoms with Crippen LogP contribution in [0.3, 0.4) is 0 Å². The van der Waals surface area contributed by atoms with E-state index in [1.807, 2.05) is 12.1 Å². The Labute approximate surface area is 175 Å². The number of imide groups is 1. The molecule has 8 nitrogen and oxygen atoms in total. The summed E-state index contributed by atoms with van der Waals surface area (Å²) in [5.41, 5.74) is 2.72. The molecule has 8 heteroatoms. The van der Waals surface area contributed by atoms with Crippen molar-refractivity contribution in [2.45, 2.75) is 50.4 Å². The summed E-state index contributed by atoms with van der Waals surface area (Å²) in [6.07, 6.45) is 2.90. The van der Waals surface area contributed by atoms with Gasteiger partial charge in [-0.05, 0) is 43.0 Å². The molecule has 5 rings (SSSR count). The van der Waals surface area contributed by atoms with Crippen molar-refractivity contribution in [2.75, 3.05) is 32.8 Å². The number of rotatable bonds is 3. The van der Waals surface area contributed by atoms with Crippen LogP contribution in [0.4, 0.5) is 0 Å². The molecule has 0 bridgehead atoms. The number of ether oxygens (including phenoxy) is 1. The molecule has 1 aromatic rings. The van der Waals surface area contributed by atoms with Gasteiger partial charge in [-0.2, -0.15) is 0 Å². The van der Waals surface area contributed by atoms with Crippen molar-refractivity contribution in [3.05, 3.63) is 34.9 Å². The van der Waals surface area contributed by atoms with E-state index in [0.29, 0.717) is 18.5 Å². The fraction of sp³-hybridized carbons (Fsp3) is 0.591. The highest BCUT2D eigenvalue weighted by molar-refractivity contribution is 6.05. The zero-order valence-corrected chi connectivity index (χ0v) is 17.1. The van der Waals surface area contributed by atoms with E-state index in [2.05, 4.69) is 21.6 Å². The number of morpholine rings is 1. The third-order valence-electron chi connectivity index (χ3n) is 6.75. The summed E-state index contributed by atoms with van der Waals surface area (Å²) < 4.78 is 6.14. The molecule has 2 unspecified atom stereocenters. The zero-order valence-electron chi connectivity index (χ0n) is 17.1. The van der Waals surface area contributed by atoms with E-state index in [-0.39, 0.29) is 29.7 Å². The summed E-state index contributed by atoms with van der Waals surface area (Å²) in [6, 6.07) is 5.44. The van der Waals surface area contributed by atoms with Gasteiger partial charge in [0.15, 0.2) is 0 Å². The monoisotopic (exact) mass is 412 g/mol. The first-order chi connectivity index (χ1) is 14.5. The number of nitrogens with zero attached hydrogens (tertiary/aromatic N) is 2. The summed E-state index contributed by atoms with van der Waals surface area (Å²) in [7, 11) is 0. The van der Waals surface area contributed by atoms with Gasteiger partial charge in [0.1, 0.15) is 6.04 Å². The number of carbonyl (C=O) groups excluding carboxylic acids is 3. The van der Waals surface area contributed by atoms with Crippen LogP contribution >= 0.6 is 0 Å². The normalized spacial score (nSPS) is 29.9. The summed E-state index contributed by atoms with van der Waals surface area (Å²) in [6.45, 7) is 5.78. The summed E-state index contributed by atoms with van der Waals surface area (Å²) in [4.78, 5) is 40.5. The lowest BCUT2D eigenvalue weighted by Crippen LogP contribution is -2.58. The molecule has 4 heterocycles. The molecule has 1 aromatic carbocycles. The lowest BCUT2D eigenvalue weighted by Gasteiger charge is -2.45. The molecule has 4 aliphatic heterocycles. The van der Waals surface area contributed by atoms with Crippen LogP contribution in [0.5, 0.6) is 0 Å². The van der Waals surface area contributed by atoms with Crippen molar-refractivity contribution in [1.82, 2.24) is 20.4 Å². The highest BCUT2D eigenvalue weighted by Gasteiger charge is 2.40. The Kier molecular flexibility index (Phi) is 5.08. The van der Waals surface area contributed by atoms with Crippen LogP contribution in [-0.2, 0) is 27.4 Å². The van der Waals surface area contributed by atoms with Gasteiger partial charge in [0, 0.05) is 44.7 Å². The highest BCUT2D eigenvalue weighted by Crippen LogP contribution is 2.30. The minimum atomic E-state index is -0.566. The molecule has 30 heavy (non-hydrogen) atoms. The van der Waals surface area contributed by atoms with Crippen LogP contribution in [0.2, 0.25) is 0 Å². The Hall–Kier alpha value is -2.29. The average Bonchev–Trinajstić information content (AvgIpc) is 3.04. The van der Waals surface area contributed by atoms with Crippen molar-refractivity contribution in [3.8, 4) is 0 Å². The standard InChI is InChI=1S/C22H28N4O4/c27-19-5-4-18(20(28)24-19)26-12-16-10-15(2-3-17(16)21(26)29)11-25-8-9-30-22(14-25)6-1-7-23-13-22/h2-3,10,18,23H,1,4-9,11-14H2,(H,24,27,28). The first-order valence-corrected chi connectivity index (χ1v) is 10.9. The number of hydrogen-bond acceptors (Lipinski definition) is 6. The van der Waals surface area contributed by atoms with Crippen LogP contribution in [0, 0.1) is 0 Å². The number of nitrogens with one attached hydrogen (secondary N) is 2. The molecule has 2 atom stereocenters. The van der Waals surface area contributed by atoms with Gasteiger partial charge in [-0.25, -0.2) is 0 Å². The number of piperidine rings is 2. The second kappa shape index (κ2) is 7.76. The fourth-order valence-electron chi connectivity index (χ4n) is 5.24. The maximum atomic E-state index is 12.9. The van der Waals surface area contributed by atoms with E-state index in [0.717, 1.165) is 57.7 Å². The van der Waals surface area contributed by atoms with Crippen molar-refractivity contribution in [1.29, 1.82) is 0 Å². The molecular formula is C22H28N4O4. The second-order valence-corrected chi connectivity index (χ2v) is 8.91. The second-order valence-electron chi connectivity index (χ2n) is 8.91. The van der Waals surface area contributed by atoms with E-state index in [1.165, 1.54) is 5.56 Å². The highest BCUT2D eigenvalue weighted by atomic mass is 16.5. The Balaban J connectivity index is 1.27. The largest absolute Gasteiger partial charge is 0.371 e. The third-order valence-corrected chi connectivity index (χ3v) is 6.75. The topological polar surface area (TPSA) is 91.0 Å². The molecule has 0 aromatic heterocycles. The Morgan fingerprint density at radius 3 is 2.93 bits per heavy atom. The van der Waals surface area contributed by atoms with Crippen LogP contribution in [0.1, 0.15) is 47.2 Å². The van der Waals surface area contributed by atoms with Gasteiger partial charge in [0.2, 0.25) is 11.8 Å². The molecular weight excluding hydrogens is 384 g/mol. The predicted octanol–water partition coefficient (Wildman–Crippen LogP) is 0.402. The van der Waals surface area contributed by atoms with Gasteiger partial charge < -0.3 is 15.0 Å². The first kappa shape index (κ1) is 19.7. The van der Waals surface area contributed by atoms with Crippen LogP contribution < -0.4 is 10.6 Å². The van der Waals surface area contributed by atoms with Crippen molar-refractivity contribution >= 4 is 17.7 Å². The van der Waals surface area contributed by atoms with Gasteiger partial charge in [-0.15, -0.1) is 0 Å². The Morgan fingerprint density at radius 2 is 2.13 bits per heavy atom. The van der Waals surface area contributed by atoms with Crippen molar-refractivity contribution in [2.24, 2.45) is 0 Å². The first-order valence-electron chi connectivity index (χ1n) is 10.9. The maximum Gasteiger partial charge on any atom is 0.255 e. The van der Waals surface area contributed by atoms with Crippen molar-refractivity contribution < 1.29 is 19.1 Å². The fourth-order valence-corrected chi connectivity index (χ4v) is 5.24. The third kappa shape index (κ3) is 3.64. The number of fused-ring (bicyclic) bond motifs is 1. The Morgan fingerprint density at radius 1 is 1.23 bits per heavy atom. The summed E-state index contributed by atoms with van der Waals surface area (Å²) in [5, 5.41) is 5.81. The van der Waals surface area contributed by atoms with Gasteiger partial charge in [0.05, 0.1) is 12.2 Å². The Bertz CT molecular complexity index is 874. The van der Waals surface area contributed by atoms with E-state index >= 15 is 0 Å². The summed E-state index contributed by atoms with van der Waals surface area (Å²) in [5.74, 6) is -0.754.